The molecule has 0 aliphatic rings. The predicted molar refractivity (Wildman–Crippen MR) is 85.5 cm³/mol. The van der Waals surface area contributed by atoms with Crippen LogP contribution < -0.4 is 10.5 Å². The molecule has 22 heavy (non-hydrogen) atoms. The summed E-state index contributed by atoms with van der Waals surface area (Å²) in [6, 6.07) is 5.10. The van der Waals surface area contributed by atoms with Crippen LogP contribution in [0, 0.1) is 13.8 Å². The lowest BCUT2D eigenvalue weighted by Crippen LogP contribution is -2.00. The van der Waals surface area contributed by atoms with Crippen molar-refractivity contribution in [2.24, 2.45) is 0 Å². The highest BCUT2D eigenvalue weighted by Crippen LogP contribution is 2.36. The number of aromatic nitrogens is 1. The van der Waals surface area contributed by atoms with Crippen LogP contribution in [0.3, 0.4) is 0 Å². The summed E-state index contributed by atoms with van der Waals surface area (Å²) in [6.45, 7) is 3.45. The molecular formula is C15H17ClN2O4. The zero-order valence-electron chi connectivity index (χ0n) is 12.4. The van der Waals surface area contributed by atoms with E-state index in [4.69, 9.17) is 32.0 Å². The molecule has 0 amide bonds. The molecule has 1 aromatic carbocycles. The topological polar surface area (TPSA) is 106 Å². The summed E-state index contributed by atoms with van der Waals surface area (Å²) >= 11 is 5.95. The van der Waals surface area contributed by atoms with E-state index in [1.54, 1.807) is 19.2 Å². The number of nitrogens with zero attached hydrogens (tertiary/aromatic N) is 1. The monoisotopic (exact) mass is 324 g/mol. The first-order chi connectivity index (χ1) is 10.3. The molecule has 0 aliphatic heterocycles. The fourth-order valence-corrected chi connectivity index (χ4v) is 2.15. The molecule has 0 saturated heterocycles. The number of nitrogens with two attached hydrogens (primary N) is 1. The molecule has 0 bridgehead atoms. The van der Waals surface area contributed by atoms with Gasteiger partial charge in [-0.25, -0.2) is 4.98 Å². The maximum atomic E-state index is 9.58. The average Bonchev–Trinajstić information content (AvgIpc) is 2.44. The maximum absolute atomic E-state index is 9.58. The van der Waals surface area contributed by atoms with Gasteiger partial charge in [-0.3, -0.25) is 4.79 Å². The van der Waals surface area contributed by atoms with Crippen molar-refractivity contribution in [1.29, 1.82) is 0 Å². The molecular weight excluding hydrogens is 308 g/mol. The Balaban J connectivity index is 0.000000745. The molecule has 1 heterocycles. The van der Waals surface area contributed by atoms with Crippen LogP contribution in [0.4, 0.5) is 5.82 Å². The van der Waals surface area contributed by atoms with Crippen LogP contribution in [0.5, 0.6) is 11.5 Å². The molecule has 7 heteroatoms. The van der Waals surface area contributed by atoms with Gasteiger partial charge in [0.15, 0.2) is 0 Å². The lowest BCUT2D eigenvalue weighted by molar-refractivity contribution is -0.122. The number of benzene rings is 1. The minimum absolute atomic E-state index is 0.0496. The Bertz CT molecular complexity index is 690. The van der Waals surface area contributed by atoms with E-state index >= 15 is 0 Å². The molecule has 0 saturated carbocycles. The fraction of sp³-hybridized carbons (Fsp3) is 0.200. The lowest BCUT2D eigenvalue weighted by atomic mass is 10.00. The van der Waals surface area contributed by atoms with E-state index in [0.29, 0.717) is 11.6 Å². The van der Waals surface area contributed by atoms with Crippen LogP contribution in [0.2, 0.25) is 5.02 Å². The molecule has 2 rings (SSSR count). The zero-order chi connectivity index (χ0) is 16.9. The molecule has 4 N–H and O–H groups in total. The Kier molecular flexibility index (Phi) is 6.00. The van der Waals surface area contributed by atoms with Gasteiger partial charge in [-0.1, -0.05) is 11.6 Å². The molecule has 118 valence electrons. The highest BCUT2D eigenvalue weighted by molar-refractivity contribution is 6.32. The third-order valence-corrected chi connectivity index (χ3v) is 3.30. The van der Waals surface area contributed by atoms with Crippen LogP contribution in [0.15, 0.2) is 18.2 Å². The number of anilines is 1. The van der Waals surface area contributed by atoms with E-state index in [1.807, 2.05) is 19.9 Å². The van der Waals surface area contributed by atoms with Gasteiger partial charge in [0.2, 0.25) is 0 Å². The number of aromatic hydroxyl groups is 1. The number of ether oxygens (including phenoxy) is 1. The van der Waals surface area contributed by atoms with Crippen molar-refractivity contribution >= 4 is 23.9 Å². The van der Waals surface area contributed by atoms with Crippen molar-refractivity contribution in [3.8, 4) is 22.6 Å². The first-order valence-electron chi connectivity index (χ1n) is 6.24. The Morgan fingerprint density at radius 3 is 2.41 bits per heavy atom. The number of carboxylic acid groups (broad SMARTS) is 1. The number of phenols is 1. The number of phenolic OH excluding ortho intramolecular Hbond substituents is 1. The molecule has 0 fully saturated rings. The Hall–Kier alpha value is -2.47. The molecule has 0 aliphatic carbocycles. The van der Waals surface area contributed by atoms with E-state index in [2.05, 4.69) is 4.98 Å². The third kappa shape index (κ3) is 3.79. The van der Waals surface area contributed by atoms with E-state index in [-0.39, 0.29) is 17.2 Å². The van der Waals surface area contributed by atoms with E-state index in [0.717, 1.165) is 22.4 Å². The highest BCUT2D eigenvalue weighted by Gasteiger charge is 2.13. The second-order valence-electron chi connectivity index (χ2n) is 4.43. The van der Waals surface area contributed by atoms with Crippen molar-refractivity contribution < 1.29 is 19.7 Å². The number of hydrogen-bond acceptors (Lipinski definition) is 5. The molecule has 0 atom stereocenters. The van der Waals surface area contributed by atoms with Gasteiger partial charge < -0.3 is 20.7 Å². The second kappa shape index (κ2) is 7.51. The molecule has 2 aromatic rings. The minimum atomic E-state index is -0.250. The van der Waals surface area contributed by atoms with Gasteiger partial charge in [-0.15, -0.1) is 0 Å². The number of pyridine rings is 1. The standard InChI is InChI=1S/C14H15ClN2O2.CH2O2/c1-7-4-12(18)11(15)5-9(7)10-6-13(19-3)8(2)17-14(10)16;2-1-3/h4-6,18H,1-3H3,(H2,16,17);1H,(H,2,3). The summed E-state index contributed by atoms with van der Waals surface area (Å²) in [5.41, 5.74) is 9.12. The maximum Gasteiger partial charge on any atom is 0.290 e. The Labute approximate surface area is 133 Å². The van der Waals surface area contributed by atoms with Crippen molar-refractivity contribution in [3.63, 3.8) is 0 Å². The highest BCUT2D eigenvalue weighted by atomic mass is 35.5. The van der Waals surface area contributed by atoms with Crippen LogP contribution in [0.1, 0.15) is 11.3 Å². The number of methoxy groups -OCH3 is 1. The Morgan fingerprint density at radius 2 is 1.86 bits per heavy atom. The number of carbonyl (C=O) groups is 1. The third-order valence-electron chi connectivity index (χ3n) is 3.00. The zero-order valence-corrected chi connectivity index (χ0v) is 13.2. The van der Waals surface area contributed by atoms with Crippen molar-refractivity contribution in [2.45, 2.75) is 13.8 Å². The smallest absolute Gasteiger partial charge is 0.290 e. The van der Waals surface area contributed by atoms with Crippen LogP contribution >= 0.6 is 11.6 Å². The summed E-state index contributed by atoms with van der Waals surface area (Å²) in [5.74, 6) is 1.12. The number of aryl methyl sites for hydroxylation is 2. The molecule has 0 unspecified atom stereocenters. The molecule has 6 nitrogen and oxygen atoms in total. The van der Waals surface area contributed by atoms with Gasteiger partial charge >= 0.3 is 0 Å². The SMILES string of the molecule is COc1cc(-c2cc(Cl)c(O)cc2C)c(N)nc1C.O=CO. The summed E-state index contributed by atoms with van der Waals surface area (Å²) in [6.07, 6.45) is 0. The summed E-state index contributed by atoms with van der Waals surface area (Å²) in [7, 11) is 1.58. The minimum Gasteiger partial charge on any atom is -0.506 e. The van der Waals surface area contributed by atoms with E-state index in [9.17, 15) is 5.11 Å². The first-order valence-corrected chi connectivity index (χ1v) is 6.61. The molecule has 0 spiro atoms. The average molecular weight is 325 g/mol. The van der Waals surface area contributed by atoms with E-state index in [1.165, 1.54) is 0 Å². The van der Waals surface area contributed by atoms with Crippen molar-refractivity contribution in [1.82, 2.24) is 4.98 Å². The summed E-state index contributed by atoms with van der Waals surface area (Å²) in [5, 5.41) is 16.7. The normalized spacial score (nSPS) is 9.64. The number of hydrogen-bond donors (Lipinski definition) is 3. The largest absolute Gasteiger partial charge is 0.506 e. The quantitative estimate of drug-likeness (QED) is 0.733. The van der Waals surface area contributed by atoms with Gasteiger partial charge in [0.25, 0.3) is 6.47 Å². The summed E-state index contributed by atoms with van der Waals surface area (Å²) in [4.78, 5) is 12.6. The number of rotatable bonds is 2. The van der Waals surface area contributed by atoms with Crippen molar-refractivity contribution in [2.75, 3.05) is 12.8 Å². The van der Waals surface area contributed by atoms with Gasteiger partial charge in [0, 0.05) is 5.56 Å². The number of nitrogen functional groups attached to an aromatic ring is 1. The van der Waals surface area contributed by atoms with Crippen LogP contribution in [0.25, 0.3) is 11.1 Å². The van der Waals surface area contributed by atoms with Gasteiger partial charge in [-0.2, -0.15) is 0 Å². The van der Waals surface area contributed by atoms with Gasteiger partial charge in [0.1, 0.15) is 17.3 Å². The summed E-state index contributed by atoms with van der Waals surface area (Å²) < 4.78 is 5.26. The van der Waals surface area contributed by atoms with Crippen LogP contribution in [-0.2, 0) is 4.79 Å². The van der Waals surface area contributed by atoms with Crippen molar-refractivity contribution in [3.05, 3.63) is 34.5 Å². The van der Waals surface area contributed by atoms with Crippen LogP contribution in [-0.4, -0.2) is 28.8 Å². The Morgan fingerprint density at radius 1 is 1.27 bits per heavy atom. The predicted octanol–water partition coefficient (Wildman–Crippen LogP) is 3.02. The van der Waals surface area contributed by atoms with Gasteiger partial charge in [-0.05, 0) is 43.2 Å². The molecule has 1 aromatic heterocycles. The number of halogens is 1. The van der Waals surface area contributed by atoms with Gasteiger partial charge in [0.05, 0.1) is 17.8 Å². The molecule has 0 radical (unpaired) electrons. The first kappa shape index (κ1) is 17.6. The fourth-order valence-electron chi connectivity index (χ4n) is 1.98. The second-order valence-corrected chi connectivity index (χ2v) is 4.84. The lowest BCUT2D eigenvalue weighted by Gasteiger charge is -2.13. The van der Waals surface area contributed by atoms with E-state index < -0.39 is 0 Å².